The van der Waals surface area contributed by atoms with Crippen LogP contribution in [0.4, 0.5) is 0 Å². The van der Waals surface area contributed by atoms with Crippen molar-refractivity contribution in [2.24, 2.45) is 5.73 Å². The van der Waals surface area contributed by atoms with Gasteiger partial charge in [-0.1, -0.05) is 12.2 Å². The lowest BCUT2D eigenvalue weighted by Crippen LogP contribution is -2.01. The van der Waals surface area contributed by atoms with Crippen LogP contribution < -0.4 is 5.73 Å². The molecule has 0 aromatic rings. The van der Waals surface area contributed by atoms with Crippen molar-refractivity contribution in [2.45, 2.75) is 13.8 Å². The highest BCUT2D eigenvalue weighted by molar-refractivity contribution is 8.10. The Morgan fingerprint density at radius 2 is 1.40 bits per heavy atom. The summed E-state index contributed by atoms with van der Waals surface area (Å²) >= 11 is 7.65. The van der Waals surface area contributed by atoms with Crippen molar-refractivity contribution >= 4 is 40.7 Å². The molecule has 0 aliphatic carbocycles. The molecule has 10 heavy (non-hydrogen) atoms. The van der Waals surface area contributed by atoms with Gasteiger partial charge in [-0.25, -0.2) is 0 Å². The van der Waals surface area contributed by atoms with E-state index in [4.69, 9.17) is 5.73 Å². The van der Waals surface area contributed by atoms with Gasteiger partial charge in [0.2, 0.25) is 0 Å². The summed E-state index contributed by atoms with van der Waals surface area (Å²) < 4.78 is 0.194. The molecular weight excluding hydrogens is 170 g/mol. The van der Waals surface area contributed by atoms with Crippen molar-refractivity contribution in [1.29, 1.82) is 0 Å². The number of Topliss-reactive ketones (excluding diaryl/α,β-unsaturated/α-hetero) is 2. The molecule has 5 heteroatoms. The van der Waals surface area contributed by atoms with Crippen molar-refractivity contribution in [3.63, 3.8) is 0 Å². The summed E-state index contributed by atoms with van der Waals surface area (Å²) in [6.45, 7) is 2.50. The van der Waals surface area contributed by atoms with Gasteiger partial charge in [-0.2, -0.15) is 0 Å². The average molecular weight is 179 g/mol. The molecule has 0 rings (SSSR count). The Labute approximate surface area is 70.4 Å². The molecule has 0 aliphatic heterocycles. The summed E-state index contributed by atoms with van der Waals surface area (Å²) in [5.41, 5.74) is 4.71. The van der Waals surface area contributed by atoms with Gasteiger partial charge in [0.1, 0.15) is 4.32 Å². The third kappa shape index (κ3) is 25.6. The van der Waals surface area contributed by atoms with Crippen LogP contribution in [0.2, 0.25) is 0 Å². The third-order valence-corrected chi connectivity index (χ3v) is 0.496. The summed E-state index contributed by atoms with van der Waals surface area (Å²) in [4.78, 5) is 19.6. The average Bonchev–Trinajstić information content (AvgIpc) is 1.63. The van der Waals surface area contributed by atoms with Gasteiger partial charge < -0.3 is 5.73 Å². The van der Waals surface area contributed by atoms with Gasteiger partial charge in [-0.15, -0.1) is 12.6 Å². The Morgan fingerprint density at radius 3 is 1.40 bits per heavy atom. The molecule has 0 bridgehead atoms. The Kier molecular flexibility index (Phi) is 8.22. The fourth-order valence-electron chi connectivity index (χ4n) is 0. The Bertz CT molecular complexity index is 140. The molecule has 0 saturated heterocycles. The Balaban J connectivity index is 0. The van der Waals surface area contributed by atoms with Crippen molar-refractivity contribution in [3.8, 4) is 0 Å². The molecule has 0 spiro atoms. The van der Waals surface area contributed by atoms with Crippen LogP contribution in [0.25, 0.3) is 0 Å². The number of carbonyl (C=O) groups excluding carboxylic acids is 2. The fraction of sp³-hybridized carbons (Fsp3) is 0.400. The topological polar surface area (TPSA) is 60.2 Å². The van der Waals surface area contributed by atoms with E-state index in [2.05, 4.69) is 24.8 Å². The van der Waals surface area contributed by atoms with Gasteiger partial charge in [0.05, 0.1) is 0 Å². The van der Waals surface area contributed by atoms with Crippen molar-refractivity contribution in [3.05, 3.63) is 0 Å². The SMILES string of the molecule is CC(=O)C(C)=O.NC(=S)S. The first-order valence-corrected chi connectivity index (χ1v) is 3.23. The van der Waals surface area contributed by atoms with Gasteiger partial charge in [0.15, 0.2) is 11.6 Å². The monoisotopic (exact) mass is 179 g/mol. The Hall–Kier alpha value is -0.420. The summed E-state index contributed by atoms with van der Waals surface area (Å²) in [5, 5.41) is 0. The predicted octanol–water partition coefficient (Wildman–Crippen LogP) is 0.324. The first kappa shape index (κ1) is 12.3. The number of thiol groups is 1. The molecule has 3 nitrogen and oxygen atoms in total. The number of carbonyl (C=O) groups is 2. The van der Waals surface area contributed by atoms with Crippen LogP contribution in [0, 0.1) is 0 Å². The number of ketones is 2. The van der Waals surface area contributed by atoms with E-state index >= 15 is 0 Å². The second-order valence-electron chi connectivity index (χ2n) is 1.45. The third-order valence-electron chi connectivity index (χ3n) is 0.496. The van der Waals surface area contributed by atoms with E-state index in [1.54, 1.807) is 0 Å². The van der Waals surface area contributed by atoms with Crippen molar-refractivity contribution < 1.29 is 9.59 Å². The fourth-order valence-corrected chi connectivity index (χ4v) is 0. The summed E-state index contributed by atoms with van der Waals surface area (Å²) in [7, 11) is 0. The number of thiocarbonyl (C=S) groups is 1. The number of hydrogen-bond donors (Lipinski definition) is 2. The first-order chi connectivity index (χ1) is 4.37. The minimum Gasteiger partial charge on any atom is -0.385 e. The van der Waals surface area contributed by atoms with E-state index in [1.807, 2.05) is 0 Å². The minimum atomic E-state index is -0.380. The molecule has 0 unspecified atom stereocenters. The molecule has 0 aromatic carbocycles. The van der Waals surface area contributed by atoms with Crippen LogP contribution in [-0.4, -0.2) is 15.9 Å². The van der Waals surface area contributed by atoms with E-state index < -0.39 is 0 Å². The van der Waals surface area contributed by atoms with E-state index in [0.717, 1.165) is 0 Å². The lowest BCUT2D eigenvalue weighted by Gasteiger charge is -1.73. The standard InChI is InChI=1S/C4H6O2.CH3NS2/c1-3(5)4(2)6;2-1(3)4/h1-2H3;(H3,2,3,4). The predicted molar refractivity (Wildman–Crippen MR) is 47.1 cm³/mol. The molecule has 0 aromatic heterocycles. The largest absolute Gasteiger partial charge is 0.385 e. The summed E-state index contributed by atoms with van der Waals surface area (Å²) in [5.74, 6) is -0.759. The molecule has 0 atom stereocenters. The zero-order valence-electron chi connectivity index (χ0n) is 5.75. The summed E-state index contributed by atoms with van der Waals surface area (Å²) in [6, 6.07) is 0. The van der Waals surface area contributed by atoms with Gasteiger partial charge >= 0.3 is 0 Å². The van der Waals surface area contributed by atoms with Crippen LogP contribution in [0.15, 0.2) is 0 Å². The van der Waals surface area contributed by atoms with Crippen LogP contribution >= 0.6 is 24.8 Å². The maximum Gasteiger partial charge on any atom is 0.195 e. The maximum atomic E-state index is 9.79. The first-order valence-electron chi connectivity index (χ1n) is 2.37. The number of rotatable bonds is 1. The number of nitrogens with two attached hydrogens (primary N) is 1. The van der Waals surface area contributed by atoms with Crippen LogP contribution in [-0.2, 0) is 9.59 Å². The van der Waals surface area contributed by atoms with E-state index in [0.29, 0.717) is 0 Å². The van der Waals surface area contributed by atoms with Gasteiger partial charge in [0, 0.05) is 13.8 Å². The smallest absolute Gasteiger partial charge is 0.195 e. The van der Waals surface area contributed by atoms with Crippen molar-refractivity contribution in [2.75, 3.05) is 0 Å². The van der Waals surface area contributed by atoms with Crippen LogP contribution in [0.1, 0.15) is 13.8 Å². The highest BCUT2D eigenvalue weighted by Gasteiger charge is 1.94. The van der Waals surface area contributed by atoms with E-state index in [1.165, 1.54) is 13.8 Å². The van der Waals surface area contributed by atoms with E-state index in [9.17, 15) is 9.59 Å². The maximum absolute atomic E-state index is 9.79. The molecular formula is C5H9NO2S2. The van der Waals surface area contributed by atoms with Gasteiger partial charge in [-0.05, 0) is 0 Å². The molecule has 2 N–H and O–H groups in total. The van der Waals surface area contributed by atoms with Gasteiger partial charge in [-0.3, -0.25) is 9.59 Å². The van der Waals surface area contributed by atoms with Crippen molar-refractivity contribution in [1.82, 2.24) is 0 Å². The molecule has 58 valence electrons. The molecule has 0 heterocycles. The highest BCUT2D eigenvalue weighted by Crippen LogP contribution is 1.66. The second kappa shape index (κ2) is 6.70. The van der Waals surface area contributed by atoms with Gasteiger partial charge in [0.25, 0.3) is 0 Å². The normalized spacial score (nSPS) is 7.10. The zero-order valence-corrected chi connectivity index (χ0v) is 7.46. The summed E-state index contributed by atoms with van der Waals surface area (Å²) in [6.07, 6.45) is 0. The lowest BCUT2D eigenvalue weighted by atomic mass is 10.3. The molecule has 0 radical (unpaired) electrons. The molecule has 0 saturated carbocycles. The molecule has 0 aliphatic rings. The lowest BCUT2D eigenvalue weighted by molar-refractivity contribution is -0.134. The Morgan fingerprint density at radius 1 is 1.30 bits per heavy atom. The minimum absolute atomic E-state index is 0.194. The highest BCUT2D eigenvalue weighted by atomic mass is 32.1. The quantitative estimate of drug-likeness (QED) is 0.346. The molecule has 0 fully saturated rings. The second-order valence-corrected chi connectivity index (χ2v) is 2.67. The zero-order chi connectivity index (χ0) is 8.73. The van der Waals surface area contributed by atoms with Crippen LogP contribution in [0.3, 0.4) is 0 Å². The van der Waals surface area contributed by atoms with E-state index in [-0.39, 0.29) is 15.9 Å². The van der Waals surface area contributed by atoms with Crippen LogP contribution in [0.5, 0.6) is 0 Å². The molecule has 0 amide bonds. The number of hydrogen-bond acceptors (Lipinski definition) is 3.